The van der Waals surface area contributed by atoms with Gasteiger partial charge in [-0.05, 0) is 79.4 Å². The summed E-state index contributed by atoms with van der Waals surface area (Å²) in [4.78, 5) is 2.33. The summed E-state index contributed by atoms with van der Waals surface area (Å²) in [6.45, 7) is 7.18. The monoisotopic (exact) mass is 309 g/mol. The van der Waals surface area contributed by atoms with Gasteiger partial charge < -0.3 is 10.0 Å². The van der Waals surface area contributed by atoms with E-state index in [1.165, 1.54) is 66.3 Å². The molecule has 0 spiro atoms. The number of likely N-dealkylation sites (N-methyl/N-ethyl adjacent to an activating group) is 1. The Morgan fingerprint density at radius 1 is 1.00 bits per heavy atom. The van der Waals surface area contributed by atoms with E-state index in [2.05, 4.69) is 24.8 Å². The number of nitrogens with zero attached hydrogens (tertiary/aromatic N) is 1. The second kappa shape index (κ2) is 7.13. The molecule has 118 valence electrons. The lowest BCUT2D eigenvalue weighted by molar-refractivity contribution is 0.117. The van der Waals surface area contributed by atoms with Gasteiger partial charge in [0.1, 0.15) is 0 Å². The van der Waals surface area contributed by atoms with Crippen molar-refractivity contribution in [3.63, 3.8) is 0 Å². The number of aliphatic hydroxyl groups is 1. The van der Waals surface area contributed by atoms with Crippen LogP contribution in [-0.2, 0) is 25.7 Å². The average Bonchev–Trinajstić information content (AvgIpc) is 3.09. The number of aliphatic hydroxyl groups excluding tert-OH is 1. The van der Waals surface area contributed by atoms with Crippen molar-refractivity contribution in [3.8, 4) is 0 Å². The molecule has 0 amide bonds. The highest BCUT2D eigenvalue weighted by molar-refractivity contribution is 5.85. The van der Waals surface area contributed by atoms with Gasteiger partial charge in [0, 0.05) is 6.54 Å². The second-order valence-corrected chi connectivity index (χ2v) is 6.27. The fraction of sp³-hybridized carbons (Fsp3) is 0.667. The van der Waals surface area contributed by atoms with Crippen molar-refractivity contribution in [3.05, 3.63) is 33.9 Å². The molecule has 0 aromatic heterocycles. The quantitative estimate of drug-likeness (QED) is 0.900. The normalized spacial score (nSPS) is 17.5. The molecule has 0 bridgehead atoms. The highest BCUT2D eigenvalue weighted by atomic mass is 35.5. The molecule has 3 heteroatoms. The molecule has 21 heavy (non-hydrogen) atoms. The number of fused-ring (bicyclic) bond motifs is 2. The van der Waals surface area contributed by atoms with Gasteiger partial charge in [0.05, 0.1) is 6.10 Å². The predicted octanol–water partition coefficient (Wildman–Crippen LogP) is 3.46. The summed E-state index contributed by atoms with van der Waals surface area (Å²) in [5.74, 6) is 0. The largest absolute Gasteiger partial charge is 0.387 e. The summed E-state index contributed by atoms with van der Waals surface area (Å²) in [7, 11) is 0. The van der Waals surface area contributed by atoms with Crippen molar-refractivity contribution in [1.29, 1.82) is 0 Å². The summed E-state index contributed by atoms with van der Waals surface area (Å²) in [5.41, 5.74) is 7.36. The summed E-state index contributed by atoms with van der Waals surface area (Å²) in [6.07, 6.45) is 7.02. The number of rotatable bonds is 5. The van der Waals surface area contributed by atoms with Crippen molar-refractivity contribution in [1.82, 2.24) is 4.90 Å². The zero-order valence-corrected chi connectivity index (χ0v) is 14.1. The van der Waals surface area contributed by atoms with Gasteiger partial charge in [-0.1, -0.05) is 19.9 Å². The smallest absolute Gasteiger partial charge is 0.0922 e. The Labute approximate surface area is 135 Å². The highest BCUT2D eigenvalue weighted by Crippen LogP contribution is 2.38. The topological polar surface area (TPSA) is 23.5 Å². The fourth-order valence-corrected chi connectivity index (χ4v) is 4.08. The number of hydrogen-bond donors (Lipinski definition) is 1. The predicted molar refractivity (Wildman–Crippen MR) is 90.5 cm³/mol. The van der Waals surface area contributed by atoms with Gasteiger partial charge in [-0.2, -0.15) is 0 Å². The van der Waals surface area contributed by atoms with Crippen LogP contribution < -0.4 is 0 Å². The maximum absolute atomic E-state index is 10.8. The van der Waals surface area contributed by atoms with E-state index < -0.39 is 0 Å². The minimum atomic E-state index is -0.296. The van der Waals surface area contributed by atoms with Crippen LogP contribution in [0.4, 0.5) is 0 Å². The summed E-state index contributed by atoms with van der Waals surface area (Å²) < 4.78 is 0. The van der Waals surface area contributed by atoms with E-state index in [0.29, 0.717) is 0 Å². The SMILES string of the molecule is CCN(CC)CC(O)c1c2c(cc3c1CCC3)CCC2.Cl. The van der Waals surface area contributed by atoms with Crippen LogP contribution in [0, 0.1) is 0 Å². The van der Waals surface area contributed by atoms with E-state index in [-0.39, 0.29) is 18.5 Å². The minimum Gasteiger partial charge on any atom is -0.387 e. The third-order valence-corrected chi connectivity index (χ3v) is 5.18. The third-order valence-electron chi connectivity index (χ3n) is 5.18. The first-order valence-electron chi connectivity index (χ1n) is 8.31. The first-order chi connectivity index (χ1) is 9.74. The van der Waals surface area contributed by atoms with Crippen molar-refractivity contribution < 1.29 is 5.11 Å². The number of halogens is 1. The van der Waals surface area contributed by atoms with Crippen molar-refractivity contribution >= 4 is 12.4 Å². The van der Waals surface area contributed by atoms with Crippen LogP contribution in [-0.4, -0.2) is 29.6 Å². The molecule has 0 saturated carbocycles. The van der Waals surface area contributed by atoms with E-state index in [0.717, 1.165) is 19.6 Å². The van der Waals surface area contributed by atoms with Gasteiger partial charge in [-0.3, -0.25) is 0 Å². The van der Waals surface area contributed by atoms with E-state index in [1.54, 1.807) is 0 Å². The maximum atomic E-state index is 10.8. The molecule has 3 rings (SSSR count). The Hall–Kier alpha value is -0.570. The Balaban J connectivity index is 0.00000161. The summed E-state index contributed by atoms with van der Waals surface area (Å²) >= 11 is 0. The Morgan fingerprint density at radius 2 is 1.52 bits per heavy atom. The molecule has 0 aliphatic heterocycles. The fourth-order valence-electron chi connectivity index (χ4n) is 4.08. The van der Waals surface area contributed by atoms with E-state index in [4.69, 9.17) is 0 Å². The average molecular weight is 310 g/mol. The Morgan fingerprint density at radius 3 is 2.00 bits per heavy atom. The molecule has 1 N–H and O–H groups in total. The van der Waals surface area contributed by atoms with Gasteiger partial charge in [0.15, 0.2) is 0 Å². The standard InChI is InChI=1S/C18H27NO.ClH/c1-3-19(4-2)12-17(20)18-15-9-5-7-13(15)11-14-8-6-10-16(14)18;/h11,17,20H,3-10,12H2,1-2H3;1H. The highest BCUT2D eigenvalue weighted by Gasteiger charge is 2.27. The van der Waals surface area contributed by atoms with Gasteiger partial charge >= 0.3 is 0 Å². The molecule has 0 radical (unpaired) electrons. The molecule has 0 heterocycles. The summed E-state index contributed by atoms with van der Waals surface area (Å²) in [6, 6.07) is 2.44. The molecular weight excluding hydrogens is 282 g/mol. The van der Waals surface area contributed by atoms with Crippen LogP contribution in [0.15, 0.2) is 6.07 Å². The lowest BCUT2D eigenvalue weighted by atomic mass is 9.90. The van der Waals surface area contributed by atoms with Gasteiger partial charge in [-0.25, -0.2) is 0 Å². The van der Waals surface area contributed by atoms with Crippen LogP contribution in [0.1, 0.15) is 60.6 Å². The molecule has 1 aromatic rings. The number of benzene rings is 1. The first kappa shape index (κ1) is 16.8. The minimum absolute atomic E-state index is 0. The number of hydrogen-bond acceptors (Lipinski definition) is 2. The Kier molecular flexibility index (Phi) is 5.70. The zero-order chi connectivity index (χ0) is 14.1. The zero-order valence-electron chi connectivity index (χ0n) is 13.3. The van der Waals surface area contributed by atoms with Gasteiger partial charge in [0.2, 0.25) is 0 Å². The van der Waals surface area contributed by atoms with Crippen LogP contribution in [0.25, 0.3) is 0 Å². The van der Waals surface area contributed by atoms with Crippen molar-refractivity contribution in [2.45, 2.75) is 58.5 Å². The molecule has 1 atom stereocenters. The van der Waals surface area contributed by atoms with Crippen LogP contribution in [0.2, 0.25) is 0 Å². The molecule has 0 fully saturated rings. The number of aryl methyl sites for hydroxylation is 2. The molecular formula is C18H28ClNO. The first-order valence-corrected chi connectivity index (χ1v) is 8.31. The molecule has 0 saturated heterocycles. The van der Waals surface area contributed by atoms with E-state index in [1.807, 2.05) is 0 Å². The van der Waals surface area contributed by atoms with E-state index in [9.17, 15) is 5.11 Å². The molecule has 1 aromatic carbocycles. The molecule has 2 aliphatic carbocycles. The molecule has 1 unspecified atom stereocenters. The van der Waals surface area contributed by atoms with E-state index >= 15 is 0 Å². The van der Waals surface area contributed by atoms with Crippen molar-refractivity contribution in [2.24, 2.45) is 0 Å². The summed E-state index contributed by atoms with van der Waals surface area (Å²) in [5, 5.41) is 10.8. The lowest BCUT2D eigenvalue weighted by Gasteiger charge is -2.25. The second-order valence-electron chi connectivity index (χ2n) is 6.27. The molecule has 2 aliphatic rings. The molecule has 2 nitrogen and oxygen atoms in total. The van der Waals surface area contributed by atoms with Gasteiger partial charge in [-0.15, -0.1) is 12.4 Å². The van der Waals surface area contributed by atoms with Crippen molar-refractivity contribution in [2.75, 3.05) is 19.6 Å². The lowest BCUT2D eigenvalue weighted by Crippen LogP contribution is -2.29. The Bertz CT molecular complexity index is 464. The maximum Gasteiger partial charge on any atom is 0.0922 e. The van der Waals surface area contributed by atoms with Crippen LogP contribution in [0.3, 0.4) is 0 Å². The van der Waals surface area contributed by atoms with Crippen LogP contribution in [0.5, 0.6) is 0 Å². The third kappa shape index (κ3) is 3.13. The van der Waals surface area contributed by atoms with Gasteiger partial charge in [0.25, 0.3) is 0 Å². The van der Waals surface area contributed by atoms with Crippen LogP contribution >= 0.6 is 12.4 Å².